The molecular weight excluding hydrogens is 318 g/mol. The molecule has 0 heterocycles. The molecule has 2 rings (SSSR count). The minimum absolute atomic E-state index is 0.0560. The maximum atomic E-state index is 12.3. The van der Waals surface area contributed by atoms with E-state index < -0.39 is 5.91 Å². The number of hydrogen-bond donors (Lipinski definition) is 1. The number of nitriles is 2. The predicted octanol–water partition coefficient (Wildman–Crippen LogP) is 3.12. The van der Waals surface area contributed by atoms with Gasteiger partial charge in [-0.2, -0.15) is 10.5 Å². The molecule has 0 fully saturated rings. The molecule has 0 radical (unpaired) electrons. The van der Waals surface area contributed by atoms with Crippen LogP contribution in [0.25, 0.3) is 6.08 Å². The van der Waals surface area contributed by atoms with Gasteiger partial charge in [0.1, 0.15) is 11.6 Å². The minimum Gasteiger partial charge on any atom is -0.493 e. The van der Waals surface area contributed by atoms with Crippen LogP contribution in [0.5, 0.6) is 11.5 Å². The van der Waals surface area contributed by atoms with Crippen molar-refractivity contribution in [1.29, 1.82) is 10.5 Å². The Morgan fingerprint density at radius 2 is 1.72 bits per heavy atom. The molecule has 0 aromatic heterocycles. The minimum atomic E-state index is -0.543. The molecule has 124 valence electrons. The highest BCUT2D eigenvalue weighted by atomic mass is 16.5. The third-order valence-corrected chi connectivity index (χ3v) is 3.36. The van der Waals surface area contributed by atoms with Crippen LogP contribution in [0.15, 0.2) is 48.0 Å². The average Bonchev–Trinajstić information content (AvgIpc) is 2.66. The first-order valence-corrected chi connectivity index (χ1v) is 7.26. The molecule has 6 nitrogen and oxygen atoms in total. The van der Waals surface area contributed by atoms with Gasteiger partial charge in [-0.3, -0.25) is 4.79 Å². The van der Waals surface area contributed by atoms with Gasteiger partial charge < -0.3 is 14.8 Å². The molecule has 1 amide bonds. The van der Waals surface area contributed by atoms with Crippen molar-refractivity contribution in [2.75, 3.05) is 19.5 Å². The van der Waals surface area contributed by atoms with Crippen LogP contribution in [0.1, 0.15) is 11.1 Å². The highest BCUT2D eigenvalue weighted by molar-refractivity contribution is 6.09. The van der Waals surface area contributed by atoms with Crippen molar-refractivity contribution in [2.24, 2.45) is 0 Å². The first-order chi connectivity index (χ1) is 12.1. The lowest BCUT2D eigenvalue weighted by Crippen LogP contribution is -2.13. The SMILES string of the molecule is COc1ccc(NC(=O)/C(C#N)=C/c2ccc(C#N)cc2)cc1OC. The average molecular weight is 333 g/mol. The summed E-state index contributed by atoms with van der Waals surface area (Å²) in [5.74, 6) is 0.461. The van der Waals surface area contributed by atoms with E-state index in [2.05, 4.69) is 5.32 Å². The van der Waals surface area contributed by atoms with Crippen molar-refractivity contribution < 1.29 is 14.3 Å². The molecule has 1 N–H and O–H groups in total. The van der Waals surface area contributed by atoms with Crippen LogP contribution < -0.4 is 14.8 Å². The van der Waals surface area contributed by atoms with Crippen LogP contribution in [0.2, 0.25) is 0 Å². The highest BCUT2D eigenvalue weighted by Gasteiger charge is 2.11. The Morgan fingerprint density at radius 1 is 1.04 bits per heavy atom. The molecule has 0 saturated heterocycles. The van der Waals surface area contributed by atoms with Gasteiger partial charge in [0, 0.05) is 11.8 Å². The van der Waals surface area contributed by atoms with E-state index in [1.807, 2.05) is 12.1 Å². The Kier molecular flexibility index (Phi) is 5.76. The van der Waals surface area contributed by atoms with Crippen molar-refractivity contribution >= 4 is 17.7 Å². The predicted molar refractivity (Wildman–Crippen MR) is 92.9 cm³/mol. The molecule has 0 atom stereocenters. The summed E-state index contributed by atoms with van der Waals surface area (Å²) in [5.41, 5.74) is 1.58. The summed E-state index contributed by atoms with van der Waals surface area (Å²) in [6, 6.07) is 15.4. The van der Waals surface area contributed by atoms with E-state index in [1.54, 1.807) is 42.5 Å². The summed E-state index contributed by atoms with van der Waals surface area (Å²) < 4.78 is 10.3. The zero-order valence-electron chi connectivity index (χ0n) is 13.7. The van der Waals surface area contributed by atoms with E-state index in [9.17, 15) is 10.1 Å². The Labute approximate surface area is 145 Å². The molecule has 0 aliphatic heterocycles. The lowest BCUT2D eigenvalue weighted by Gasteiger charge is -2.10. The lowest BCUT2D eigenvalue weighted by molar-refractivity contribution is -0.112. The molecule has 0 aliphatic rings. The third-order valence-electron chi connectivity index (χ3n) is 3.36. The Bertz CT molecular complexity index is 888. The fourth-order valence-electron chi connectivity index (χ4n) is 2.08. The largest absolute Gasteiger partial charge is 0.493 e. The van der Waals surface area contributed by atoms with Crippen LogP contribution in [-0.2, 0) is 4.79 Å². The van der Waals surface area contributed by atoms with Crippen LogP contribution in [0, 0.1) is 22.7 Å². The molecule has 0 aliphatic carbocycles. The quantitative estimate of drug-likeness (QED) is 0.670. The van der Waals surface area contributed by atoms with Gasteiger partial charge in [0.2, 0.25) is 0 Å². The van der Waals surface area contributed by atoms with Gasteiger partial charge in [-0.1, -0.05) is 12.1 Å². The maximum absolute atomic E-state index is 12.3. The molecule has 2 aromatic carbocycles. The van der Waals surface area contributed by atoms with Crippen molar-refractivity contribution in [3.63, 3.8) is 0 Å². The summed E-state index contributed by atoms with van der Waals surface area (Å²) in [4.78, 5) is 12.3. The smallest absolute Gasteiger partial charge is 0.266 e. The number of carbonyl (C=O) groups is 1. The second kappa shape index (κ2) is 8.19. The van der Waals surface area contributed by atoms with Gasteiger partial charge in [0.25, 0.3) is 5.91 Å². The Balaban J connectivity index is 2.21. The van der Waals surface area contributed by atoms with Gasteiger partial charge in [-0.25, -0.2) is 0 Å². The van der Waals surface area contributed by atoms with Gasteiger partial charge in [0.15, 0.2) is 11.5 Å². The van der Waals surface area contributed by atoms with E-state index in [-0.39, 0.29) is 5.57 Å². The number of methoxy groups -OCH3 is 2. The standard InChI is InChI=1S/C19H15N3O3/c1-24-17-8-7-16(10-18(17)25-2)22-19(23)15(12-21)9-13-3-5-14(11-20)6-4-13/h3-10H,1-2H3,(H,22,23)/b15-9+. The second-order valence-corrected chi connectivity index (χ2v) is 4.93. The molecule has 0 saturated carbocycles. The summed E-state index contributed by atoms with van der Waals surface area (Å²) in [6.45, 7) is 0. The van der Waals surface area contributed by atoms with E-state index >= 15 is 0 Å². The number of ether oxygens (including phenoxy) is 2. The normalized spacial score (nSPS) is 10.3. The molecule has 0 bridgehead atoms. The van der Waals surface area contributed by atoms with Gasteiger partial charge in [-0.15, -0.1) is 0 Å². The summed E-state index contributed by atoms with van der Waals surface area (Å²) in [5, 5.41) is 20.7. The zero-order valence-corrected chi connectivity index (χ0v) is 13.7. The van der Waals surface area contributed by atoms with Crippen molar-refractivity contribution in [1.82, 2.24) is 0 Å². The van der Waals surface area contributed by atoms with Crippen LogP contribution in [0.3, 0.4) is 0 Å². The number of benzene rings is 2. The van der Waals surface area contributed by atoms with Gasteiger partial charge in [-0.05, 0) is 35.9 Å². The number of amides is 1. The number of nitrogens with one attached hydrogen (secondary N) is 1. The van der Waals surface area contributed by atoms with E-state index in [0.717, 1.165) is 0 Å². The number of anilines is 1. The van der Waals surface area contributed by atoms with E-state index in [1.165, 1.54) is 20.3 Å². The molecule has 0 spiro atoms. The maximum Gasteiger partial charge on any atom is 0.266 e. The van der Waals surface area contributed by atoms with Crippen molar-refractivity contribution in [3.05, 3.63) is 59.2 Å². The first kappa shape index (κ1) is 17.6. The number of carbonyl (C=O) groups excluding carboxylic acids is 1. The number of hydrogen-bond acceptors (Lipinski definition) is 5. The topological polar surface area (TPSA) is 95.1 Å². The van der Waals surface area contributed by atoms with E-state index in [4.69, 9.17) is 14.7 Å². The van der Waals surface area contributed by atoms with E-state index in [0.29, 0.717) is 28.3 Å². The Hall–Kier alpha value is -3.77. The van der Waals surface area contributed by atoms with Crippen LogP contribution in [0.4, 0.5) is 5.69 Å². The molecule has 6 heteroatoms. The van der Waals surface area contributed by atoms with Crippen LogP contribution in [-0.4, -0.2) is 20.1 Å². The van der Waals surface area contributed by atoms with Crippen LogP contribution >= 0.6 is 0 Å². The molecular formula is C19H15N3O3. The monoisotopic (exact) mass is 333 g/mol. The summed E-state index contributed by atoms with van der Waals surface area (Å²) in [6.07, 6.45) is 1.46. The first-order valence-electron chi connectivity index (χ1n) is 7.26. The summed E-state index contributed by atoms with van der Waals surface area (Å²) in [7, 11) is 3.01. The zero-order chi connectivity index (χ0) is 18.2. The fraction of sp³-hybridized carbons (Fsp3) is 0.105. The number of nitrogens with zero attached hydrogens (tertiary/aromatic N) is 2. The fourth-order valence-corrected chi connectivity index (χ4v) is 2.08. The third kappa shape index (κ3) is 4.37. The second-order valence-electron chi connectivity index (χ2n) is 4.93. The van der Waals surface area contributed by atoms with Gasteiger partial charge >= 0.3 is 0 Å². The molecule has 0 unspecified atom stereocenters. The molecule has 2 aromatic rings. The lowest BCUT2D eigenvalue weighted by atomic mass is 10.1. The molecule has 25 heavy (non-hydrogen) atoms. The Morgan fingerprint density at radius 3 is 2.28 bits per heavy atom. The van der Waals surface area contributed by atoms with Gasteiger partial charge in [0.05, 0.1) is 25.9 Å². The highest BCUT2D eigenvalue weighted by Crippen LogP contribution is 2.29. The number of rotatable bonds is 5. The van der Waals surface area contributed by atoms with Crippen molar-refractivity contribution in [2.45, 2.75) is 0 Å². The summed E-state index contributed by atoms with van der Waals surface area (Å²) >= 11 is 0. The van der Waals surface area contributed by atoms with Crippen molar-refractivity contribution in [3.8, 4) is 23.6 Å².